The molecule has 26 heavy (non-hydrogen) atoms. The average molecular weight is 374 g/mol. The van der Waals surface area contributed by atoms with E-state index in [1.54, 1.807) is 6.07 Å². The van der Waals surface area contributed by atoms with Crippen LogP contribution >= 0.6 is 0 Å². The monoisotopic (exact) mass is 374 g/mol. The third kappa shape index (κ3) is 4.75. The number of hydroxylamine groups is 1. The summed E-state index contributed by atoms with van der Waals surface area (Å²) < 4.78 is 37.0. The van der Waals surface area contributed by atoms with Crippen molar-refractivity contribution < 1.29 is 22.8 Å². The fourth-order valence-corrected chi connectivity index (χ4v) is 2.68. The summed E-state index contributed by atoms with van der Waals surface area (Å²) in [5.74, 6) is -3.57. The molecule has 0 bridgehead atoms. The summed E-state index contributed by atoms with van der Waals surface area (Å²) in [7, 11) is 4.07. The Labute approximate surface area is 148 Å². The molecule has 8 nitrogen and oxygen atoms in total. The van der Waals surface area contributed by atoms with Crippen LogP contribution in [0.5, 0.6) is 0 Å². The molecule has 1 aliphatic heterocycles. The first-order chi connectivity index (χ1) is 12.1. The van der Waals surface area contributed by atoms with E-state index in [2.05, 4.69) is 19.6 Å². The SMILES string of the molecule is CN(C)C1CCN(c2ccc(N(OC(=O)C(F)(F)F)C(=N)N)nc2)CC1. The summed E-state index contributed by atoms with van der Waals surface area (Å²) in [4.78, 5) is 23.4. The maximum absolute atomic E-state index is 12.3. The predicted octanol–water partition coefficient (Wildman–Crippen LogP) is 1.33. The van der Waals surface area contributed by atoms with Gasteiger partial charge in [0.1, 0.15) is 0 Å². The van der Waals surface area contributed by atoms with Gasteiger partial charge < -0.3 is 20.4 Å². The molecule has 1 aromatic rings. The summed E-state index contributed by atoms with van der Waals surface area (Å²) in [5.41, 5.74) is 5.98. The van der Waals surface area contributed by atoms with E-state index in [4.69, 9.17) is 11.1 Å². The van der Waals surface area contributed by atoms with E-state index < -0.39 is 18.1 Å². The minimum Gasteiger partial charge on any atom is -0.370 e. The van der Waals surface area contributed by atoms with Crippen LogP contribution in [0.4, 0.5) is 24.7 Å². The van der Waals surface area contributed by atoms with Gasteiger partial charge >= 0.3 is 12.1 Å². The molecule has 0 aliphatic carbocycles. The number of rotatable bonds is 3. The number of alkyl halides is 3. The van der Waals surface area contributed by atoms with E-state index in [-0.39, 0.29) is 10.9 Å². The summed E-state index contributed by atoms with van der Waals surface area (Å²) >= 11 is 0. The van der Waals surface area contributed by atoms with E-state index in [9.17, 15) is 18.0 Å². The molecule has 2 rings (SSSR count). The highest BCUT2D eigenvalue weighted by Crippen LogP contribution is 2.24. The summed E-state index contributed by atoms with van der Waals surface area (Å²) in [6.07, 6.45) is -1.79. The first-order valence-electron chi connectivity index (χ1n) is 7.90. The van der Waals surface area contributed by atoms with E-state index in [1.807, 2.05) is 14.1 Å². The summed E-state index contributed by atoms with van der Waals surface area (Å²) in [5, 5.41) is 7.54. The fourth-order valence-electron chi connectivity index (χ4n) is 2.68. The Kier molecular flexibility index (Phi) is 5.90. The zero-order chi connectivity index (χ0) is 19.5. The largest absolute Gasteiger partial charge is 0.493 e. The van der Waals surface area contributed by atoms with Crippen molar-refractivity contribution in [3.8, 4) is 0 Å². The first kappa shape index (κ1) is 19.8. The van der Waals surface area contributed by atoms with Crippen molar-refractivity contribution in [3.63, 3.8) is 0 Å². The predicted molar refractivity (Wildman–Crippen MR) is 89.7 cm³/mol. The van der Waals surface area contributed by atoms with E-state index in [0.717, 1.165) is 31.6 Å². The highest BCUT2D eigenvalue weighted by molar-refractivity contribution is 5.92. The molecule has 1 aromatic heterocycles. The standard InChI is InChI=1S/C15H21F3N6O2/c1-22(2)10-5-7-23(8-6-10)11-3-4-12(21-9-11)24(14(19)20)26-13(25)15(16,17)18/h3-4,9-10H,5-8H2,1-2H3,(H3,19,20). The molecule has 0 unspecified atom stereocenters. The Bertz CT molecular complexity index is 642. The third-order valence-corrected chi connectivity index (χ3v) is 4.12. The second kappa shape index (κ2) is 7.77. The van der Waals surface area contributed by atoms with Crippen LogP contribution in [0.2, 0.25) is 0 Å². The van der Waals surface area contributed by atoms with Crippen LogP contribution in [-0.2, 0) is 9.63 Å². The maximum atomic E-state index is 12.3. The van der Waals surface area contributed by atoms with Gasteiger partial charge in [-0.3, -0.25) is 5.41 Å². The molecule has 0 aromatic carbocycles. The zero-order valence-corrected chi connectivity index (χ0v) is 14.5. The Balaban J connectivity index is 2.07. The molecule has 0 amide bonds. The van der Waals surface area contributed by atoms with Crippen molar-refractivity contribution in [2.45, 2.75) is 25.1 Å². The number of guanidine groups is 1. The molecule has 0 atom stereocenters. The maximum Gasteiger partial charge on any atom is 0.493 e. The van der Waals surface area contributed by atoms with Crippen molar-refractivity contribution >= 4 is 23.4 Å². The number of halogens is 3. The number of nitrogens with one attached hydrogen (secondary N) is 1. The Hall–Kier alpha value is -2.56. The van der Waals surface area contributed by atoms with Gasteiger partial charge in [-0.1, -0.05) is 0 Å². The molecule has 0 saturated carbocycles. The highest BCUT2D eigenvalue weighted by atomic mass is 19.4. The second-order valence-electron chi connectivity index (χ2n) is 6.11. The number of aromatic nitrogens is 1. The van der Waals surface area contributed by atoms with Crippen molar-refractivity contribution in [1.29, 1.82) is 5.41 Å². The smallest absolute Gasteiger partial charge is 0.370 e. The summed E-state index contributed by atoms with van der Waals surface area (Å²) in [6.45, 7) is 1.65. The lowest BCUT2D eigenvalue weighted by Crippen LogP contribution is -2.43. The zero-order valence-electron chi connectivity index (χ0n) is 14.5. The minimum atomic E-state index is -5.20. The number of hydrogen-bond donors (Lipinski definition) is 2. The van der Waals surface area contributed by atoms with Gasteiger partial charge in [-0.2, -0.15) is 13.2 Å². The Morgan fingerprint density at radius 3 is 2.38 bits per heavy atom. The van der Waals surface area contributed by atoms with Crippen LogP contribution in [0.15, 0.2) is 18.3 Å². The molecule has 11 heteroatoms. The fraction of sp³-hybridized carbons (Fsp3) is 0.533. The Morgan fingerprint density at radius 1 is 1.35 bits per heavy atom. The van der Waals surface area contributed by atoms with Crippen molar-refractivity contribution in [2.75, 3.05) is 37.1 Å². The first-order valence-corrected chi connectivity index (χ1v) is 7.90. The molecule has 1 saturated heterocycles. The number of nitrogens with two attached hydrogens (primary N) is 1. The third-order valence-electron chi connectivity index (χ3n) is 4.12. The lowest BCUT2D eigenvalue weighted by Gasteiger charge is -2.36. The van der Waals surface area contributed by atoms with Gasteiger partial charge in [0.2, 0.25) is 5.96 Å². The lowest BCUT2D eigenvalue weighted by molar-refractivity contribution is -0.199. The molecular formula is C15H21F3N6O2. The number of carbonyl (C=O) groups excluding carboxylic acids is 1. The quantitative estimate of drug-likeness (QED) is 0.468. The molecule has 2 heterocycles. The van der Waals surface area contributed by atoms with Gasteiger partial charge in [0.25, 0.3) is 0 Å². The topological polar surface area (TPSA) is 98.8 Å². The van der Waals surface area contributed by atoms with Crippen LogP contribution in [0.25, 0.3) is 0 Å². The second-order valence-corrected chi connectivity index (χ2v) is 6.11. The number of nitrogens with zero attached hydrogens (tertiary/aromatic N) is 4. The number of hydrogen-bond acceptors (Lipinski definition) is 6. The van der Waals surface area contributed by atoms with Gasteiger partial charge in [0.15, 0.2) is 5.82 Å². The molecule has 144 valence electrons. The molecule has 1 fully saturated rings. The number of pyridine rings is 1. The van der Waals surface area contributed by atoms with Crippen molar-refractivity contribution in [1.82, 2.24) is 9.88 Å². The molecular weight excluding hydrogens is 353 g/mol. The van der Waals surface area contributed by atoms with Gasteiger partial charge in [-0.15, -0.1) is 5.06 Å². The van der Waals surface area contributed by atoms with Crippen LogP contribution < -0.4 is 15.7 Å². The summed E-state index contributed by atoms with van der Waals surface area (Å²) in [6, 6.07) is 3.49. The molecule has 3 N–H and O–H groups in total. The molecule has 0 radical (unpaired) electrons. The van der Waals surface area contributed by atoms with Crippen LogP contribution in [-0.4, -0.2) is 61.2 Å². The normalized spacial score (nSPS) is 15.8. The number of anilines is 2. The van der Waals surface area contributed by atoms with Gasteiger partial charge in [-0.05, 0) is 39.1 Å². The molecule has 1 aliphatic rings. The van der Waals surface area contributed by atoms with Crippen molar-refractivity contribution in [2.24, 2.45) is 5.73 Å². The van der Waals surface area contributed by atoms with Crippen LogP contribution in [0.3, 0.4) is 0 Å². The van der Waals surface area contributed by atoms with E-state index in [0.29, 0.717) is 6.04 Å². The average Bonchev–Trinajstić information content (AvgIpc) is 2.58. The van der Waals surface area contributed by atoms with E-state index >= 15 is 0 Å². The van der Waals surface area contributed by atoms with Crippen LogP contribution in [0.1, 0.15) is 12.8 Å². The van der Waals surface area contributed by atoms with Crippen LogP contribution in [0, 0.1) is 5.41 Å². The van der Waals surface area contributed by atoms with Gasteiger partial charge in [0, 0.05) is 19.1 Å². The molecule has 0 spiro atoms. The number of piperidine rings is 1. The highest BCUT2D eigenvalue weighted by Gasteiger charge is 2.43. The van der Waals surface area contributed by atoms with Gasteiger partial charge in [0.05, 0.1) is 11.9 Å². The van der Waals surface area contributed by atoms with Crippen molar-refractivity contribution in [3.05, 3.63) is 18.3 Å². The van der Waals surface area contributed by atoms with Gasteiger partial charge in [-0.25, -0.2) is 9.78 Å². The Morgan fingerprint density at radius 2 is 1.96 bits per heavy atom. The lowest BCUT2D eigenvalue weighted by atomic mass is 10.0. The minimum absolute atomic E-state index is 0.193. The van der Waals surface area contributed by atoms with E-state index in [1.165, 1.54) is 12.3 Å². The number of carbonyl (C=O) groups is 1.